The van der Waals surface area contributed by atoms with Gasteiger partial charge in [-0.3, -0.25) is 5.32 Å². The van der Waals surface area contributed by atoms with Gasteiger partial charge in [-0.05, 0) is 49.8 Å². The van der Waals surface area contributed by atoms with Crippen LogP contribution < -0.4 is 10.6 Å². The number of carbonyl (C=O) groups excluding carboxylic acids is 2. The Bertz CT molecular complexity index is 747. The number of amides is 2. The SMILES string of the molecule is COC(=O)c1ccc(CCNC(=O)Nc2nc3c(s2)CCCCC3)cc1. The number of hydrogen-bond acceptors (Lipinski definition) is 5. The smallest absolute Gasteiger partial charge is 0.337 e. The second-order valence-electron chi connectivity index (χ2n) is 6.27. The van der Waals surface area contributed by atoms with Crippen molar-refractivity contribution in [3.8, 4) is 0 Å². The van der Waals surface area contributed by atoms with Gasteiger partial charge >= 0.3 is 12.0 Å². The maximum atomic E-state index is 12.0. The Labute approximate surface area is 157 Å². The molecular formula is C19H23N3O3S. The fourth-order valence-corrected chi connectivity index (χ4v) is 4.01. The molecule has 1 heterocycles. The van der Waals surface area contributed by atoms with E-state index in [-0.39, 0.29) is 12.0 Å². The van der Waals surface area contributed by atoms with Gasteiger partial charge in [0.25, 0.3) is 0 Å². The zero-order valence-corrected chi connectivity index (χ0v) is 15.7. The summed E-state index contributed by atoms with van der Waals surface area (Å²) in [5.41, 5.74) is 2.71. The number of ether oxygens (including phenoxy) is 1. The standard InChI is InChI=1S/C19H23N3O3S/c1-25-17(23)14-9-7-13(8-10-14)11-12-20-18(24)22-19-21-15-5-3-2-4-6-16(15)26-19/h7-10H,2-6,11-12H2,1H3,(H2,20,21,22,24). The summed E-state index contributed by atoms with van der Waals surface area (Å²) in [6.07, 6.45) is 6.40. The van der Waals surface area contributed by atoms with Crippen molar-refractivity contribution in [2.75, 3.05) is 19.0 Å². The molecule has 0 saturated heterocycles. The molecule has 1 aromatic heterocycles. The normalized spacial score (nSPS) is 13.4. The third-order valence-corrected chi connectivity index (χ3v) is 5.46. The third kappa shape index (κ3) is 4.82. The molecule has 1 aliphatic rings. The van der Waals surface area contributed by atoms with Gasteiger partial charge in [-0.15, -0.1) is 11.3 Å². The number of nitrogens with one attached hydrogen (secondary N) is 2. The maximum Gasteiger partial charge on any atom is 0.337 e. The van der Waals surface area contributed by atoms with Crippen molar-refractivity contribution >= 4 is 28.5 Å². The molecule has 2 amide bonds. The second kappa shape index (κ2) is 8.80. The first-order valence-electron chi connectivity index (χ1n) is 8.86. The minimum absolute atomic E-state index is 0.236. The lowest BCUT2D eigenvalue weighted by Crippen LogP contribution is -2.30. The molecule has 0 unspecified atom stereocenters. The van der Waals surface area contributed by atoms with Gasteiger partial charge in [0.2, 0.25) is 0 Å². The van der Waals surface area contributed by atoms with Crippen molar-refractivity contribution in [1.29, 1.82) is 0 Å². The molecule has 0 atom stereocenters. The molecule has 0 radical (unpaired) electrons. The molecule has 2 aromatic rings. The first-order chi connectivity index (χ1) is 12.7. The Kier molecular flexibility index (Phi) is 6.22. The molecule has 6 nitrogen and oxygen atoms in total. The van der Waals surface area contributed by atoms with Gasteiger partial charge in [0, 0.05) is 11.4 Å². The number of anilines is 1. The van der Waals surface area contributed by atoms with Crippen molar-refractivity contribution in [1.82, 2.24) is 10.3 Å². The molecule has 0 saturated carbocycles. The van der Waals surface area contributed by atoms with Crippen molar-refractivity contribution in [2.24, 2.45) is 0 Å². The van der Waals surface area contributed by atoms with E-state index in [1.54, 1.807) is 23.5 Å². The fraction of sp³-hybridized carbons (Fsp3) is 0.421. The highest BCUT2D eigenvalue weighted by Crippen LogP contribution is 2.28. The second-order valence-corrected chi connectivity index (χ2v) is 7.35. The van der Waals surface area contributed by atoms with Gasteiger partial charge in [-0.2, -0.15) is 0 Å². The summed E-state index contributed by atoms with van der Waals surface area (Å²) in [6, 6.07) is 6.95. The Balaban J connectivity index is 1.45. The van der Waals surface area contributed by atoms with Crippen LogP contribution in [0.25, 0.3) is 0 Å². The Morgan fingerprint density at radius 2 is 1.92 bits per heavy atom. The van der Waals surface area contributed by atoms with E-state index in [2.05, 4.69) is 20.4 Å². The summed E-state index contributed by atoms with van der Waals surface area (Å²) in [5, 5.41) is 6.36. The minimum Gasteiger partial charge on any atom is -0.465 e. The summed E-state index contributed by atoms with van der Waals surface area (Å²) in [4.78, 5) is 29.3. The number of aromatic nitrogens is 1. The third-order valence-electron chi connectivity index (χ3n) is 4.39. The van der Waals surface area contributed by atoms with E-state index < -0.39 is 0 Å². The van der Waals surface area contributed by atoms with Crippen molar-refractivity contribution in [3.05, 3.63) is 46.0 Å². The monoisotopic (exact) mass is 373 g/mol. The number of thiazole rings is 1. The Hall–Kier alpha value is -2.41. The predicted octanol–water partition coefficient (Wildman–Crippen LogP) is 3.56. The largest absolute Gasteiger partial charge is 0.465 e. The van der Waals surface area contributed by atoms with Crippen LogP contribution >= 0.6 is 11.3 Å². The number of urea groups is 1. The molecule has 138 valence electrons. The lowest BCUT2D eigenvalue weighted by molar-refractivity contribution is 0.0600. The van der Waals surface area contributed by atoms with E-state index in [4.69, 9.17) is 0 Å². The van der Waals surface area contributed by atoms with Crippen molar-refractivity contribution < 1.29 is 14.3 Å². The number of benzene rings is 1. The summed E-state index contributed by atoms with van der Waals surface area (Å²) >= 11 is 1.59. The van der Waals surface area contributed by atoms with E-state index in [1.807, 2.05) is 12.1 Å². The first-order valence-corrected chi connectivity index (χ1v) is 9.68. The quantitative estimate of drug-likeness (QED) is 0.620. The summed E-state index contributed by atoms with van der Waals surface area (Å²) in [7, 11) is 1.36. The van der Waals surface area contributed by atoms with E-state index >= 15 is 0 Å². The number of methoxy groups -OCH3 is 1. The molecule has 1 aromatic carbocycles. The highest BCUT2D eigenvalue weighted by atomic mass is 32.1. The van der Waals surface area contributed by atoms with Crippen LogP contribution in [-0.4, -0.2) is 30.6 Å². The summed E-state index contributed by atoms with van der Waals surface area (Å²) in [6.45, 7) is 0.508. The van der Waals surface area contributed by atoms with Gasteiger partial charge in [0.1, 0.15) is 0 Å². The van der Waals surface area contributed by atoms with Crippen LogP contribution in [0.3, 0.4) is 0 Å². The van der Waals surface area contributed by atoms with Gasteiger partial charge in [-0.1, -0.05) is 18.6 Å². The molecule has 26 heavy (non-hydrogen) atoms. The van der Waals surface area contributed by atoms with E-state index in [1.165, 1.54) is 31.2 Å². The fourth-order valence-electron chi connectivity index (χ4n) is 2.97. The molecule has 0 fully saturated rings. The van der Waals surface area contributed by atoms with Crippen LogP contribution in [0.2, 0.25) is 0 Å². The molecule has 2 N–H and O–H groups in total. The number of esters is 1. The first kappa shape index (κ1) is 18.4. The van der Waals surface area contributed by atoms with Gasteiger partial charge in [0.05, 0.1) is 18.4 Å². The molecular weight excluding hydrogens is 350 g/mol. The summed E-state index contributed by atoms with van der Waals surface area (Å²) < 4.78 is 4.67. The highest BCUT2D eigenvalue weighted by Gasteiger charge is 2.15. The molecule has 0 spiro atoms. The Morgan fingerprint density at radius 3 is 2.69 bits per heavy atom. The average molecular weight is 373 g/mol. The predicted molar refractivity (Wildman–Crippen MR) is 102 cm³/mol. The molecule has 1 aliphatic carbocycles. The number of nitrogens with zero attached hydrogens (tertiary/aromatic N) is 1. The lowest BCUT2D eigenvalue weighted by atomic mass is 10.1. The van der Waals surface area contributed by atoms with Crippen LogP contribution in [0.15, 0.2) is 24.3 Å². The Morgan fingerprint density at radius 1 is 1.15 bits per heavy atom. The topological polar surface area (TPSA) is 80.3 Å². The lowest BCUT2D eigenvalue weighted by Gasteiger charge is -2.06. The number of carbonyl (C=O) groups is 2. The molecule has 0 bridgehead atoms. The average Bonchev–Trinajstić information content (AvgIpc) is 2.89. The van der Waals surface area contributed by atoms with Crippen LogP contribution in [0.5, 0.6) is 0 Å². The molecule has 3 rings (SSSR count). The zero-order valence-electron chi connectivity index (χ0n) is 14.8. The van der Waals surface area contributed by atoms with Crippen molar-refractivity contribution in [3.63, 3.8) is 0 Å². The number of rotatable bonds is 5. The van der Waals surface area contributed by atoms with Crippen LogP contribution in [-0.2, 0) is 24.0 Å². The van der Waals surface area contributed by atoms with Crippen LogP contribution in [0, 0.1) is 0 Å². The minimum atomic E-state index is -0.351. The zero-order chi connectivity index (χ0) is 18.4. The van der Waals surface area contributed by atoms with Gasteiger partial charge < -0.3 is 10.1 Å². The number of hydrogen-bond donors (Lipinski definition) is 2. The van der Waals surface area contributed by atoms with Crippen LogP contribution in [0.1, 0.15) is 45.8 Å². The highest BCUT2D eigenvalue weighted by molar-refractivity contribution is 7.15. The van der Waals surface area contributed by atoms with E-state index in [0.29, 0.717) is 23.7 Å². The molecule has 7 heteroatoms. The summed E-state index contributed by atoms with van der Waals surface area (Å²) in [5.74, 6) is -0.351. The maximum absolute atomic E-state index is 12.0. The number of aryl methyl sites for hydroxylation is 2. The molecule has 0 aliphatic heterocycles. The number of fused-ring (bicyclic) bond motifs is 1. The van der Waals surface area contributed by atoms with Crippen molar-refractivity contribution in [2.45, 2.75) is 38.5 Å². The van der Waals surface area contributed by atoms with E-state index in [0.717, 1.165) is 24.1 Å². The van der Waals surface area contributed by atoms with E-state index in [9.17, 15) is 9.59 Å². The van der Waals surface area contributed by atoms with Gasteiger partial charge in [0.15, 0.2) is 5.13 Å². The van der Waals surface area contributed by atoms with Crippen LogP contribution in [0.4, 0.5) is 9.93 Å². The van der Waals surface area contributed by atoms with Gasteiger partial charge in [-0.25, -0.2) is 14.6 Å².